The van der Waals surface area contributed by atoms with Crippen LogP contribution in [0.5, 0.6) is 0 Å². The fraction of sp³-hybridized carbons (Fsp3) is 0.368. The molecule has 5 nitrogen and oxygen atoms in total. The Kier molecular flexibility index (Phi) is 5.56. The van der Waals surface area contributed by atoms with Crippen molar-refractivity contribution in [3.05, 3.63) is 66.0 Å². The van der Waals surface area contributed by atoms with Gasteiger partial charge < -0.3 is 10.0 Å². The van der Waals surface area contributed by atoms with E-state index in [9.17, 15) is 9.90 Å². The van der Waals surface area contributed by atoms with Crippen molar-refractivity contribution in [3.8, 4) is 0 Å². The lowest BCUT2D eigenvalue weighted by Gasteiger charge is -2.28. The number of nitrogens with one attached hydrogen (secondary N) is 1. The van der Waals surface area contributed by atoms with E-state index in [4.69, 9.17) is 0 Å². The first-order valence-electron chi connectivity index (χ1n) is 8.40. The third kappa shape index (κ3) is 3.99. The molecule has 3 rings (SSSR count). The Balaban J connectivity index is 1.76. The second kappa shape index (κ2) is 8.04. The summed E-state index contributed by atoms with van der Waals surface area (Å²) in [5.41, 5.74) is 1.78. The number of aromatic nitrogens is 1. The highest BCUT2D eigenvalue weighted by Gasteiger charge is 2.32. The zero-order valence-electron chi connectivity index (χ0n) is 13.6. The van der Waals surface area contributed by atoms with Crippen molar-refractivity contribution in [3.63, 3.8) is 0 Å². The van der Waals surface area contributed by atoms with E-state index in [2.05, 4.69) is 10.3 Å². The van der Waals surface area contributed by atoms with Crippen LogP contribution in [0.2, 0.25) is 0 Å². The van der Waals surface area contributed by atoms with Crippen molar-refractivity contribution in [2.24, 2.45) is 0 Å². The number of hydrogen-bond donors (Lipinski definition) is 2. The fourth-order valence-corrected chi connectivity index (χ4v) is 3.04. The van der Waals surface area contributed by atoms with E-state index in [0.717, 1.165) is 31.5 Å². The normalized spacial score (nSPS) is 16.8. The number of amides is 1. The second-order valence-corrected chi connectivity index (χ2v) is 6.10. The largest absolute Gasteiger partial charge is 0.386 e. The van der Waals surface area contributed by atoms with Gasteiger partial charge in [-0.25, -0.2) is 0 Å². The first kappa shape index (κ1) is 16.6. The maximum Gasteiger partial charge on any atom is 0.242 e. The number of aliphatic hydroxyl groups excluding tert-OH is 1. The number of nitrogens with zero attached hydrogens (tertiary/aromatic N) is 2. The maximum absolute atomic E-state index is 12.9. The standard InChI is InChI=1S/C19H23N3O2/c23-18(16-8-10-20-11-9-16)17(19(24)22-12-4-5-13-22)21-14-15-6-2-1-3-7-15/h1-3,6-11,17-18,21,23H,4-5,12-14H2. The number of carbonyl (C=O) groups excluding carboxylic acids is 1. The van der Waals surface area contributed by atoms with Gasteiger partial charge in [-0.05, 0) is 36.1 Å². The third-order valence-electron chi connectivity index (χ3n) is 4.42. The predicted octanol–water partition coefficient (Wildman–Crippen LogP) is 1.90. The van der Waals surface area contributed by atoms with Gasteiger partial charge in [0.2, 0.25) is 5.91 Å². The lowest BCUT2D eigenvalue weighted by atomic mass is 10.0. The molecule has 2 unspecified atom stereocenters. The van der Waals surface area contributed by atoms with Gasteiger partial charge in [-0.3, -0.25) is 15.1 Å². The lowest BCUT2D eigenvalue weighted by Crippen LogP contribution is -2.48. The average molecular weight is 325 g/mol. The minimum atomic E-state index is -0.898. The Hall–Kier alpha value is -2.24. The van der Waals surface area contributed by atoms with E-state index in [-0.39, 0.29) is 5.91 Å². The van der Waals surface area contributed by atoms with Gasteiger partial charge in [0.15, 0.2) is 0 Å². The summed E-state index contributed by atoms with van der Waals surface area (Å²) in [6.45, 7) is 2.07. The SMILES string of the molecule is O=C(C(NCc1ccccc1)C(O)c1ccncc1)N1CCCC1. The first-order valence-corrected chi connectivity index (χ1v) is 8.40. The number of likely N-dealkylation sites (tertiary alicyclic amines) is 1. The molecular weight excluding hydrogens is 302 g/mol. The molecule has 5 heteroatoms. The quantitative estimate of drug-likeness (QED) is 0.851. The minimum Gasteiger partial charge on any atom is -0.386 e. The molecule has 1 aromatic heterocycles. The highest BCUT2D eigenvalue weighted by atomic mass is 16.3. The minimum absolute atomic E-state index is 0.0345. The number of aliphatic hydroxyl groups is 1. The molecule has 1 amide bonds. The van der Waals surface area contributed by atoms with Crippen LogP contribution in [0, 0.1) is 0 Å². The highest BCUT2D eigenvalue weighted by Crippen LogP contribution is 2.20. The van der Waals surface area contributed by atoms with Crippen molar-refractivity contribution in [2.75, 3.05) is 13.1 Å². The number of hydrogen-bond acceptors (Lipinski definition) is 4. The van der Waals surface area contributed by atoms with Gasteiger partial charge in [-0.1, -0.05) is 30.3 Å². The molecule has 0 spiro atoms. The van der Waals surface area contributed by atoms with Gasteiger partial charge in [0.25, 0.3) is 0 Å². The van der Waals surface area contributed by atoms with E-state index in [1.165, 1.54) is 0 Å². The Morgan fingerprint density at radius 2 is 1.79 bits per heavy atom. The zero-order valence-corrected chi connectivity index (χ0v) is 13.6. The van der Waals surface area contributed by atoms with E-state index in [0.29, 0.717) is 12.1 Å². The molecule has 1 fully saturated rings. The molecule has 0 radical (unpaired) electrons. The maximum atomic E-state index is 12.9. The summed E-state index contributed by atoms with van der Waals surface area (Å²) >= 11 is 0. The lowest BCUT2D eigenvalue weighted by molar-refractivity contribution is -0.135. The number of rotatable bonds is 6. The monoisotopic (exact) mass is 325 g/mol. The van der Waals surface area contributed by atoms with E-state index < -0.39 is 12.1 Å². The van der Waals surface area contributed by atoms with E-state index in [1.807, 2.05) is 35.2 Å². The number of benzene rings is 1. The summed E-state index contributed by atoms with van der Waals surface area (Å²) in [6, 6.07) is 12.7. The predicted molar refractivity (Wildman–Crippen MR) is 92.1 cm³/mol. The highest BCUT2D eigenvalue weighted by molar-refractivity contribution is 5.83. The van der Waals surface area contributed by atoms with Crippen LogP contribution >= 0.6 is 0 Å². The summed E-state index contributed by atoms with van der Waals surface area (Å²) in [5, 5.41) is 14.0. The van der Waals surface area contributed by atoms with Crippen molar-refractivity contribution in [2.45, 2.75) is 31.5 Å². The molecular formula is C19H23N3O2. The molecule has 1 aliphatic heterocycles. The van der Waals surface area contributed by atoms with Crippen molar-refractivity contribution >= 4 is 5.91 Å². The van der Waals surface area contributed by atoms with Crippen LogP contribution in [0.15, 0.2) is 54.9 Å². The Bertz CT molecular complexity index is 642. The molecule has 1 aromatic carbocycles. The summed E-state index contributed by atoms with van der Waals surface area (Å²) < 4.78 is 0. The topological polar surface area (TPSA) is 65.5 Å². The van der Waals surface area contributed by atoms with Crippen LogP contribution in [0.25, 0.3) is 0 Å². The van der Waals surface area contributed by atoms with Crippen molar-refractivity contribution < 1.29 is 9.90 Å². The van der Waals surface area contributed by atoms with E-state index in [1.54, 1.807) is 24.5 Å². The van der Waals surface area contributed by atoms with Crippen LogP contribution in [-0.2, 0) is 11.3 Å². The van der Waals surface area contributed by atoms with Crippen LogP contribution < -0.4 is 5.32 Å². The molecule has 126 valence electrons. The zero-order chi connectivity index (χ0) is 16.8. The molecule has 2 atom stereocenters. The first-order chi connectivity index (χ1) is 11.8. The van der Waals surface area contributed by atoms with Crippen LogP contribution in [0.3, 0.4) is 0 Å². The van der Waals surface area contributed by atoms with Crippen LogP contribution in [0.1, 0.15) is 30.1 Å². The molecule has 2 aromatic rings. The van der Waals surface area contributed by atoms with Gasteiger partial charge in [0.05, 0.1) is 0 Å². The third-order valence-corrected chi connectivity index (χ3v) is 4.42. The molecule has 2 heterocycles. The number of carbonyl (C=O) groups is 1. The van der Waals surface area contributed by atoms with Gasteiger partial charge >= 0.3 is 0 Å². The van der Waals surface area contributed by atoms with Crippen LogP contribution in [-0.4, -0.2) is 40.0 Å². The summed E-state index contributed by atoms with van der Waals surface area (Å²) in [6.07, 6.45) is 4.43. The van der Waals surface area contributed by atoms with Gasteiger partial charge in [0, 0.05) is 32.0 Å². The Labute approximate surface area is 142 Å². The molecule has 1 aliphatic rings. The molecule has 24 heavy (non-hydrogen) atoms. The van der Waals surface area contributed by atoms with Gasteiger partial charge in [0.1, 0.15) is 12.1 Å². The van der Waals surface area contributed by atoms with Crippen molar-refractivity contribution in [1.29, 1.82) is 0 Å². The molecule has 1 saturated heterocycles. The summed E-state index contributed by atoms with van der Waals surface area (Å²) in [5.74, 6) is -0.0345. The number of pyridine rings is 1. The molecule has 2 N–H and O–H groups in total. The molecule has 0 saturated carbocycles. The van der Waals surface area contributed by atoms with E-state index >= 15 is 0 Å². The van der Waals surface area contributed by atoms with Gasteiger partial charge in [-0.15, -0.1) is 0 Å². The molecule has 0 bridgehead atoms. The van der Waals surface area contributed by atoms with Crippen molar-refractivity contribution in [1.82, 2.24) is 15.2 Å². The fourth-order valence-electron chi connectivity index (χ4n) is 3.04. The molecule has 0 aliphatic carbocycles. The summed E-state index contributed by atoms with van der Waals surface area (Å²) in [4.78, 5) is 18.7. The smallest absolute Gasteiger partial charge is 0.242 e. The van der Waals surface area contributed by atoms with Crippen LogP contribution in [0.4, 0.5) is 0 Å². The average Bonchev–Trinajstić information content (AvgIpc) is 3.18. The second-order valence-electron chi connectivity index (χ2n) is 6.10. The Morgan fingerprint density at radius 3 is 2.46 bits per heavy atom. The summed E-state index contributed by atoms with van der Waals surface area (Å²) in [7, 11) is 0. The Morgan fingerprint density at radius 1 is 1.12 bits per heavy atom. The van der Waals surface area contributed by atoms with Gasteiger partial charge in [-0.2, -0.15) is 0 Å².